The van der Waals surface area contributed by atoms with E-state index in [0.29, 0.717) is 0 Å². The van der Waals surface area contributed by atoms with E-state index in [1.54, 1.807) is 0 Å². The van der Waals surface area contributed by atoms with Gasteiger partial charge in [0, 0.05) is 11.1 Å². The molecule has 3 aliphatic rings. The Balaban J connectivity index is 1.94. The van der Waals surface area contributed by atoms with Crippen molar-refractivity contribution in [2.24, 2.45) is 11.8 Å². The molecule has 1 aromatic carbocycles. The fourth-order valence-corrected chi connectivity index (χ4v) is 4.64. The molecule has 20 heavy (non-hydrogen) atoms. The Morgan fingerprint density at radius 3 is 1.80 bits per heavy atom. The van der Waals surface area contributed by atoms with Crippen molar-refractivity contribution < 1.29 is 14.5 Å². The van der Waals surface area contributed by atoms with Crippen molar-refractivity contribution in [2.75, 3.05) is 0 Å². The highest BCUT2D eigenvalue weighted by Crippen LogP contribution is 2.51. The highest BCUT2D eigenvalue weighted by molar-refractivity contribution is 6.06. The van der Waals surface area contributed by atoms with Gasteiger partial charge in [-0.3, -0.25) is 14.9 Å². The number of rotatable bonds is 0. The first kappa shape index (κ1) is 12.1. The monoisotopic (exact) mass is 271 g/mol. The molecule has 2 fully saturated rings. The van der Waals surface area contributed by atoms with Crippen LogP contribution in [-0.4, -0.2) is 17.4 Å². The Bertz CT molecular complexity index is 585. The lowest BCUT2D eigenvalue weighted by Gasteiger charge is -2.34. The number of carbonyl (C=O) groups is 2. The summed E-state index contributed by atoms with van der Waals surface area (Å²) in [6.45, 7) is 6.58. The van der Waals surface area contributed by atoms with E-state index in [1.165, 1.54) is 16.0 Å². The molecule has 0 aliphatic carbocycles. The highest BCUT2D eigenvalue weighted by atomic mass is 16.2. The minimum atomic E-state index is -0.184. The van der Waals surface area contributed by atoms with Crippen LogP contribution >= 0.6 is 0 Å². The second-order valence-electron chi connectivity index (χ2n) is 7.19. The first-order chi connectivity index (χ1) is 9.41. The van der Waals surface area contributed by atoms with Crippen molar-refractivity contribution in [3.8, 4) is 0 Å². The number of hydrogen-bond acceptors (Lipinski definition) is 2. The number of nitrogens with one attached hydrogen (secondary N) is 2. The van der Waals surface area contributed by atoms with Crippen LogP contribution in [0.4, 0.5) is 0 Å². The summed E-state index contributed by atoms with van der Waals surface area (Å²) >= 11 is 0. The molecule has 5 atom stereocenters. The van der Waals surface area contributed by atoms with E-state index < -0.39 is 0 Å². The van der Waals surface area contributed by atoms with E-state index in [-0.39, 0.29) is 41.3 Å². The van der Waals surface area contributed by atoms with Crippen LogP contribution in [0.15, 0.2) is 24.3 Å². The Hall–Kier alpha value is -1.68. The zero-order valence-corrected chi connectivity index (χ0v) is 11.9. The van der Waals surface area contributed by atoms with Gasteiger partial charge in [0.05, 0.1) is 5.54 Å². The number of imide groups is 1. The topological polar surface area (TPSA) is 50.6 Å². The molecule has 2 saturated heterocycles. The predicted octanol–water partition coefficient (Wildman–Crippen LogP) is 0.368. The van der Waals surface area contributed by atoms with Gasteiger partial charge >= 0.3 is 0 Å². The number of carbonyl (C=O) groups excluding carboxylic acids is 2. The largest absolute Gasteiger partial charge is 0.317 e. The van der Waals surface area contributed by atoms with Crippen LogP contribution in [0.25, 0.3) is 0 Å². The quantitative estimate of drug-likeness (QED) is 0.670. The molecule has 3 aliphatic heterocycles. The fourth-order valence-electron chi connectivity index (χ4n) is 4.64. The molecular weight excluding hydrogens is 252 g/mol. The fraction of sp³-hybridized carbons (Fsp3) is 0.500. The third-order valence-corrected chi connectivity index (χ3v) is 5.16. The van der Waals surface area contributed by atoms with Gasteiger partial charge in [0.15, 0.2) is 0 Å². The van der Waals surface area contributed by atoms with E-state index in [0.717, 1.165) is 0 Å². The molecule has 1 unspecified atom stereocenters. The van der Waals surface area contributed by atoms with Crippen molar-refractivity contribution in [3.05, 3.63) is 35.4 Å². The van der Waals surface area contributed by atoms with Gasteiger partial charge in [-0.25, -0.2) is 0 Å². The van der Waals surface area contributed by atoms with Crippen molar-refractivity contribution in [1.82, 2.24) is 5.32 Å². The van der Waals surface area contributed by atoms with E-state index in [2.05, 4.69) is 38.2 Å². The van der Waals surface area contributed by atoms with Crippen molar-refractivity contribution >= 4 is 11.8 Å². The first-order valence-corrected chi connectivity index (χ1v) is 7.22. The first-order valence-electron chi connectivity index (χ1n) is 7.22. The SMILES string of the molecule is CC(C)(C)[NH+]1[C@@H]2c3ccccc3[C@H]1[C@H]1C(=O)NC(=O)[C@H]12. The molecule has 2 N–H and O–H groups in total. The molecule has 1 aromatic rings. The summed E-state index contributed by atoms with van der Waals surface area (Å²) in [5.41, 5.74) is 2.53. The maximum atomic E-state index is 12.2. The Morgan fingerprint density at radius 1 is 0.950 bits per heavy atom. The van der Waals surface area contributed by atoms with Gasteiger partial charge in [0.1, 0.15) is 23.9 Å². The number of benzene rings is 1. The van der Waals surface area contributed by atoms with Crippen LogP contribution in [0.3, 0.4) is 0 Å². The Morgan fingerprint density at radius 2 is 1.40 bits per heavy atom. The summed E-state index contributed by atoms with van der Waals surface area (Å²) in [5, 5.41) is 2.54. The summed E-state index contributed by atoms with van der Waals surface area (Å²) in [6, 6.07) is 8.54. The van der Waals surface area contributed by atoms with Gasteiger partial charge in [-0.2, -0.15) is 0 Å². The van der Waals surface area contributed by atoms with Gasteiger partial charge in [0.25, 0.3) is 0 Å². The summed E-state index contributed by atoms with van der Waals surface area (Å²) < 4.78 is 0. The normalized spacial score (nSPS) is 37.9. The third kappa shape index (κ3) is 1.25. The number of fused-ring (bicyclic) bond motifs is 8. The number of hydrogen-bond donors (Lipinski definition) is 2. The Kier molecular flexibility index (Phi) is 2.11. The molecule has 2 amide bonds. The van der Waals surface area contributed by atoms with Gasteiger partial charge in [-0.05, 0) is 20.8 Å². The van der Waals surface area contributed by atoms with Crippen molar-refractivity contribution in [2.45, 2.75) is 38.4 Å². The molecule has 4 heteroatoms. The van der Waals surface area contributed by atoms with E-state index in [9.17, 15) is 9.59 Å². The van der Waals surface area contributed by atoms with Crippen LogP contribution in [-0.2, 0) is 9.59 Å². The van der Waals surface area contributed by atoms with Crippen LogP contribution < -0.4 is 10.2 Å². The average molecular weight is 271 g/mol. The molecular formula is C16H19N2O2+. The van der Waals surface area contributed by atoms with Crippen LogP contribution in [0.1, 0.15) is 44.0 Å². The highest BCUT2D eigenvalue weighted by Gasteiger charge is 2.69. The zero-order chi connectivity index (χ0) is 14.2. The van der Waals surface area contributed by atoms with E-state index >= 15 is 0 Å². The summed E-state index contributed by atoms with van der Waals surface area (Å²) in [6.07, 6.45) is 0. The molecule has 4 rings (SSSR count). The zero-order valence-electron chi connectivity index (χ0n) is 11.9. The van der Waals surface area contributed by atoms with Crippen molar-refractivity contribution in [3.63, 3.8) is 0 Å². The van der Waals surface area contributed by atoms with Crippen LogP contribution in [0.2, 0.25) is 0 Å². The number of amides is 2. The van der Waals surface area contributed by atoms with Gasteiger partial charge in [-0.15, -0.1) is 0 Å². The molecule has 0 aromatic heterocycles. The summed E-state index contributed by atoms with van der Waals surface area (Å²) in [4.78, 5) is 25.8. The minimum Gasteiger partial charge on any atom is -0.317 e. The standard InChI is InChI=1S/C16H18N2O2/c1-16(2,3)18-12-8-6-4-5-7-9(8)13(18)11-10(12)14(19)17-15(11)20/h4-7,10-13H,1-3H3,(H,17,19,20)/p+1/t10-,11+,12-,13+. The lowest BCUT2D eigenvalue weighted by molar-refractivity contribution is -0.986. The van der Waals surface area contributed by atoms with E-state index in [1.807, 2.05) is 12.1 Å². The molecule has 3 heterocycles. The van der Waals surface area contributed by atoms with Crippen LogP contribution in [0.5, 0.6) is 0 Å². The second kappa shape index (κ2) is 3.50. The lowest BCUT2D eigenvalue weighted by Crippen LogP contribution is -3.16. The number of quaternary nitrogens is 1. The lowest BCUT2D eigenvalue weighted by atomic mass is 9.77. The minimum absolute atomic E-state index is 0.0131. The molecule has 0 radical (unpaired) electrons. The second-order valence-corrected chi connectivity index (χ2v) is 7.19. The van der Waals surface area contributed by atoms with Crippen LogP contribution in [0, 0.1) is 11.8 Å². The molecule has 0 saturated carbocycles. The predicted molar refractivity (Wildman–Crippen MR) is 72.8 cm³/mol. The Labute approximate surface area is 118 Å². The smallest absolute Gasteiger partial charge is 0.237 e. The average Bonchev–Trinajstić information content (AvgIpc) is 2.97. The molecule has 4 nitrogen and oxygen atoms in total. The van der Waals surface area contributed by atoms with Gasteiger partial charge in [0.2, 0.25) is 11.8 Å². The van der Waals surface area contributed by atoms with Gasteiger partial charge < -0.3 is 4.90 Å². The maximum absolute atomic E-state index is 12.2. The van der Waals surface area contributed by atoms with Crippen molar-refractivity contribution in [1.29, 1.82) is 0 Å². The third-order valence-electron chi connectivity index (χ3n) is 5.16. The molecule has 2 bridgehead atoms. The summed E-state index contributed by atoms with van der Waals surface area (Å²) in [5.74, 6) is -0.527. The summed E-state index contributed by atoms with van der Waals surface area (Å²) in [7, 11) is 0. The maximum Gasteiger partial charge on any atom is 0.237 e. The molecule has 0 spiro atoms. The molecule has 104 valence electrons. The van der Waals surface area contributed by atoms with Gasteiger partial charge in [-0.1, -0.05) is 24.3 Å². The van der Waals surface area contributed by atoms with E-state index in [4.69, 9.17) is 0 Å².